The maximum absolute atomic E-state index is 11.1. The summed E-state index contributed by atoms with van der Waals surface area (Å²) in [5.41, 5.74) is 0.831. The Morgan fingerprint density at radius 2 is 2.21 bits per heavy atom. The van der Waals surface area contributed by atoms with Crippen LogP contribution in [0.15, 0.2) is 24.3 Å². The molecule has 0 aromatic heterocycles. The van der Waals surface area contributed by atoms with Crippen molar-refractivity contribution in [1.29, 1.82) is 0 Å². The van der Waals surface area contributed by atoms with Crippen LogP contribution < -0.4 is 0 Å². The molecule has 1 fully saturated rings. The van der Waals surface area contributed by atoms with Crippen molar-refractivity contribution in [3.63, 3.8) is 0 Å². The van der Waals surface area contributed by atoms with Gasteiger partial charge in [-0.3, -0.25) is 14.9 Å². The summed E-state index contributed by atoms with van der Waals surface area (Å²) in [6, 6.07) is 6.32. The van der Waals surface area contributed by atoms with Crippen LogP contribution in [0.3, 0.4) is 0 Å². The predicted octanol–water partition coefficient (Wildman–Crippen LogP) is 2.04. The number of rotatable bonds is 2. The summed E-state index contributed by atoms with van der Waals surface area (Å²) in [6.07, 6.45) is 1.42. The van der Waals surface area contributed by atoms with E-state index in [1.165, 1.54) is 12.1 Å². The number of benzene rings is 1. The molecule has 4 heteroatoms. The summed E-state index contributed by atoms with van der Waals surface area (Å²) in [6.45, 7) is 0. The minimum atomic E-state index is -0.438. The topological polar surface area (TPSA) is 60.2 Å². The van der Waals surface area contributed by atoms with Crippen molar-refractivity contribution in [3.8, 4) is 0 Å². The van der Waals surface area contributed by atoms with E-state index in [0.717, 1.165) is 12.0 Å². The van der Waals surface area contributed by atoms with Crippen LogP contribution in [0.5, 0.6) is 0 Å². The molecule has 0 spiro atoms. The number of nitrogens with zero attached hydrogens (tertiary/aromatic N) is 1. The number of non-ortho nitro benzene ring substituents is 1. The number of hydrogen-bond donors (Lipinski definition) is 0. The third-order valence-electron chi connectivity index (χ3n) is 2.55. The van der Waals surface area contributed by atoms with E-state index in [-0.39, 0.29) is 17.4 Å². The lowest BCUT2D eigenvalue weighted by Gasteiger charge is -2.23. The van der Waals surface area contributed by atoms with Gasteiger partial charge in [0.2, 0.25) is 0 Å². The zero-order valence-corrected chi connectivity index (χ0v) is 7.47. The highest BCUT2D eigenvalue weighted by Gasteiger charge is 2.30. The molecule has 1 atom stereocenters. The molecule has 0 saturated heterocycles. The van der Waals surface area contributed by atoms with Crippen molar-refractivity contribution in [1.82, 2.24) is 0 Å². The van der Waals surface area contributed by atoms with E-state index in [4.69, 9.17) is 0 Å². The Kier molecular flexibility index (Phi) is 2.04. The second kappa shape index (κ2) is 3.21. The van der Waals surface area contributed by atoms with E-state index in [0.29, 0.717) is 6.42 Å². The highest BCUT2D eigenvalue weighted by atomic mass is 16.6. The molecule has 4 nitrogen and oxygen atoms in total. The molecule has 0 radical (unpaired) electrons. The average Bonchev–Trinajstić information content (AvgIpc) is 2.16. The molecule has 1 aromatic carbocycles. The average molecular weight is 191 g/mol. The largest absolute Gasteiger partial charge is 0.299 e. The zero-order chi connectivity index (χ0) is 10.1. The SMILES string of the molecule is O=C1CCC1c1cccc([N+](=O)[O-])c1. The second-order valence-electron chi connectivity index (χ2n) is 3.41. The highest BCUT2D eigenvalue weighted by molar-refractivity contribution is 5.91. The fourth-order valence-corrected chi connectivity index (χ4v) is 1.61. The number of ketones is 1. The Morgan fingerprint density at radius 3 is 2.71 bits per heavy atom. The van der Waals surface area contributed by atoms with E-state index in [1.54, 1.807) is 12.1 Å². The van der Waals surface area contributed by atoms with Gasteiger partial charge in [-0.05, 0) is 12.0 Å². The smallest absolute Gasteiger partial charge is 0.269 e. The van der Waals surface area contributed by atoms with Gasteiger partial charge >= 0.3 is 0 Å². The number of nitro benzene ring substituents is 1. The molecule has 1 unspecified atom stereocenters. The van der Waals surface area contributed by atoms with Gasteiger partial charge in [0, 0.05) is 24.5 Å². The molecular weight excluding hydrogens is 182 g/mol. The van der Waals surface area contributed by atoms with Gasteiger partial charge < -0.3 is 0 Å². The number of hydrogen-bond acceptors (Lipinski definition) is 3. The lowest BCUT2D eigenvalue weighted by molar-refractivity contribution is -0.384. The van der Waals surface area contributed by atoms with Gasteiger partial charge in [0.1, 0.15) is 5.78 Å². The minimum Gasteiger partial charge on any atom is -0.299 e. The first kappa shape index (κ1) is 8.87. The predicted molar refractivity (Wildman–Crippen MR) is 50.1 cm³/mol. The maximum Gasteiger partial charge on any atom is 0.269 e. The van der Waals surface area contributed by atoms with Crippen molar-refractivity contribution in [3.05, 3.63) is 39.9 Å². The normalized spacial score (nSPS) is 20.3. The molecule has 0 amide bonds. The van der Waals surface area contributed by atoms with Gasteiger partial charge in [-0.1, -0.05) is 12.1 Å². The Bertz CT molecular complexity index is 400. The van der Waals surface area contributed by atoms with E-state index in [9.17, 15) is 14.9 Å². The maximum atomic E-state index is 11.1. The number of carbonyl (C=O) groups excluding carboxylic acids is 1. The standard InChI is InChI=1S/C10H9NO3/c12-10-5-4-9(10)7-2-1-3-8(6-7)11(13)14/h1-3,6,9H,4-5H2. The number of Topliss-reactive ketones (excluding diaryl/α,β-unsaturated/α-hetero) is 1. The monoisotopic (exact) mass is 191 g/mol. The van der Waals surface area contributed by atoms with E-state index in [1.807, 2.05) is 0 Å². The van der Waals surface area contributed by atoms with Crippen LogP contribution in [0.1, 0.15) is 24.3 Å². The molecule has 0 aliphatic heterocycles. The van der Waals surface area contributed by atoms with Crippen molar-refractivity contribution in [2.75, 3.05) is 0 Å². The van der Waals surface area contributed by atoms with Crippen molar-refractivity contribution < 1.29 is 9.72 Å². The summed E-state index contributed by atoms with van der Waals surface area (Å²) in [7, 11) is 0. The zero-order valence-electron chi connectivity index (χ0n) is 7.47. The summed E-state index contributed by atoms with van der Waals surface area (Å²) >= 11 is 0. The lowest BCUT2D eigenvalue weighted by atomic mass is 9.78. The third-order valence-corrected chi connectivity index (χ3v) is 2.55. The molecule has 1 aliphatic carbocycles. The van der Waals surface area contributed by atoms with Crippen molar-refractivity contribution in [2.24, 2.45) is 0 Å². The van der Waals surface area contributed by atoms with Crippen LogP contribution in [0.2, 0.25) is 0 Å². The fraction of sp³-hybridized carbons (Fsp3) is 0.300. The Hall–Kier alpha value is -1.71. The van der Waals surface area contributed by atoms with Crippen LogP contribution in [-0.2, 0) is 4.79 Å². The number of carbonyl (C=O) groups is 1. The van der Waals surface area contributed by atoms with Crippen LogP contribution >= 0.6 is 0 Å². The molecule has 0 heterocycles. The Labute approximate surface area is 80.7 Å². The quantitative estimate of drug-likeness (QED) is 0.530. The van der Waals surface area contributed by atoms with Gasteiger partial charge in [-0.25, -0.2) is 0 Å². The molecule has 1 aromatic rings. The van der Waals surface area contributed by atoms with Crippen LogP contribution in [0, 0.1) is 10.1 Å². The van der Waals surface area contributed by atoms with E-state index in [2.05, 4.69) is 0 Å². The summed E-state index contributed by atoms with van der Waals surface area (Å²) in [5, 5.41) is 10.5. The first-order chi connectivity index (χ1) is 6.68. The third kappa shape index (κ3) is 1.39. The molecule has 0 N–H and O–H groups in total. The molecule has 2 rings (SSSR count). The molecule has 0 bridgehead atoms. The van der Waals surface area contributed by atoms with Gasteiger partial charge in [0.25, 0.3) is 5.69 Å². The van der Waals surface area contributed by atoms with Gasteiger partial charge in [-0.2, -0.15) is 0 Å². The second-order valence-corrected chi connectivity index (χ2v) is 3.41. The van der Waals surface area contributed by atoms with E-state index >= 15 is 0 Å². The summed E-state index contributed by atoms with van der Waals surface area (Å²) < 4.78 is 0. The fourth-order valence-electron chi connectivity index (χ4n) is 1.61. The van der Waals surface area contributed by atoms with Crippen LogP contribution in [0.25, 0.3) is 0 Å². The first-order valence-electron chi connectivity index (χ1n) is 4.45. The summed E-state index contributed by atoms with van der Waals surface area (Å²) in [4.78, 5) is 21.2. The Balaban J connectivity index is 2.30. The lowest BCUT2D eigenvalue weighted by Crippen LogP contribution is -2.23. The number of nitro groups is 1. The van der Waals surface area contributed by atoms with Crippen LogP contribution in [-0.4, -0.2) is 10.7 Å². The molecule has 1 aliphatic rings. The summed E-state index contributed by atoms with van der Waals surface area (Å²) in [5.74, 6) is 0.0837. The van der Waals surface area contributed by atoms with Crippen LogP contribution in [0.4, 0.5) is 5.69 Å². The molecule has 72 valence electrons. The van der Waals surface area contributed by atoms with Gasteiger partial charge in [0.15, 0.2) is 0 Å². The van der Waals surface area contributed by atoms with Gasteiger partial charge in [0.05, 0.1) is 4.92 Å². The molecule has 14 heavy (non-hydrogen) atoms. The molecule has 1 saturated carbocycles. The molecular formula is C10H9NO3. The highest BCUT2D eigenvalue weighted by Crippen LogP contribution is 2.34. The first-order valence-corrected chi connectivity index (χ1v) is 4.45. The Morgan fingerprint density at radius 1 is 1.43 bits per heavy atom. The van der Waals surface area contributed by atoms with Gasteiger partial charge in [-0.15, -0.1) is 0 Å². The minimum absolute atomic E-state index is 0.0576. The van der Waals surface area contributed by atoms with Crippen molar-refractivity contribution in [2.45, 2.75) is 18.8 Å². The van der Waals surface area contributed by atoms with Crippen molar-refractivity contribution >= 4 is 11.5 Å². The van der Waals surface area contributed by atoms with E-state index < -0.39 is 4.92 Å².